The summed E-state index contributed by atoms with van der Waals surface area (Å²) in [5.74, 6) is 0.740. The fourth-order valence-corrected chi connectivity index (χ4v) is 2.29. The van der Waals surface area contributed by atoms with E-state index in [0.29, 0.717) is 12.2 Å². The van der Waals surface area contributed by atoms with Crippen molar-refractivity contribution in [3.05, 3.63) is 61.7 Å². The summed E-state index contributed by atoms with van der Waals surface area (Å²) in [6.07, 6.45) is 0. The predicted molar refractivity (Wildman–Crippen MR) is 90.8 cm³/mol. The van der Waals surface area contributed by atoms with Gasteiger partial charge in [0, 0.05) is 21.7 Å². The Balaban J connectivity index is 2.20. The molecule has 0 aliphatic heterocycles. The summed E-state index contributed by atoms with van der Waals surface area (Å²) in [5.41, 5.74) is 1.36. The van der Waals surface area contributed by atoms with Crippen molar-refractivity contribution in [2.45, 2.75) is 13.5 Å². The molecular weight excluding hydrogens is 383 g/mol. The first-order valence-electron chi connectivity index (χ1n) is 6.50. The molecule has 21 heavy (non-hydrogen) atoms. The van der Waals surface area contributed by atoms with Crippen LogP contribution in [0.3, 0.4) is 0 Å². The molecule has 0 radical (unpaired) electrons. The summed E-state index contributed by atoms with van der Waals surface area (Å²) >= 11 is 2.22. The minimum atomic E-state index is -0.383. The number of nitrogens with zero attached hydrogens (tertiary/aromatic N) is 1. The van der Waals surface area contributed by atoms with Gasteiger partial charge in [-0.3, -0.25) is 10.1 Å². The van der Waals surface area contributed by atoms with Gasteiger partial charge < -0.3 is 10.1 Å². The molecule has 2 aromatic rings. The van der Waals surface area contributed by atoms with Crippen molar-refractivity contribution in [1.29, 1.82) is 0 Å². The average molecular weight is 398 g/mol. The monoisotopic (exact) mass is 398 g/mol. The van der Waals surface area contributed by atoms with E-state index in [1.54, 1.807) is 6.07 Å². The van der Waals surface area contributed by atoms with Crippen LogP contribution in [0.2, 0.25) is 0 Å². The van der Waals surface area contributed by atoms with Crippen LogP contribution in [-0.2, 0) is 6.61 Å². The average Bonchev–Trinajstić information content (AvgIpc) is 2.47. The summed E-state index contributed by atoms with van der Waals surface area (Å²) < 4.78 is 6.83. The highest BCUT2D eigenvalue weighted by Crippen LogP contribution is 2.29. The zero-order valence-corrected chi connectivity index (χ0v) is 13.7. The molecule has 0 unspecified atom stereocenters. The number of nitro benzene ring substituents is 1. The van der Waals surface area contributed by atoms with E-state index in [1.165, 1.54) is 6.07 Å². The van der Waals surface area contributed by atoms with E-state index in [1.807, 2.05) is 37.3 Å². The van der Waals surface area contributed by atoms with Gasteiger partial charge in [0.15, 0.2) is 0 Å². The smallest absolute Gasteiger partial charge is 0.292 e. The van der Waals surface area contributed by atoms with Crippen molar-refractivity contribution < 1.29 is 9.66 Å². The number of nitro groups is 1. The number of anilines is 1. The lowest BCUT2D eigenvalue weighted by molar-refractivity contribution is -0.384. The van der Waals surface area contributed by atoms with Crippen LogP contribution in [0, 0.1) is 13.7 Å². The Labute approximate surface area is 136 Å². The molecule has 6 heteroatoms. The highest BCUT2D eigenvalue weighted by atomic mass is 127. The number of hydrogen-bond donors (Lipinski definition) is 1. The van der Waals surface area contributed by atoms with Gasteiger partial charge in [-0.1, -0.05) is 12.1 Å². The maximum Gasteiger partial charge on any atom is 0.292 e. The first-order chi connectivity index (χ1) is 10.1. The molecule has 110 valence electrons. The van der Waals surface area contributed by atoms with Crippen molar-refractivity contribution in [3.63, 3.8) is 0 Å². The highest BCUT2D eigenvalue weighted by Gasteiger charge is 2.16. The molecule has 0 spiro atoms. The van der Waals surface area contributed by atoms with Crippen LogP contribution in [0.1, 0.15) is 12.5 Å². The van der Waals surface area contributed by atoms with E-state index in [0.717, 1.165) is 14.9 Å². The lowest BCUT2D eigenvalue weighted by Gasteiger charge is -2.12. The van der Waals surface area contributed by atoms with Crippen molar-refractivity contribution >= 4 is 34.0 Å². The van der Waals surface area contributed by atoms with Crippen molar-refractivity contribution in [2.75, 3.05) is 11.9 Å². The van der Waals surface area contributed by atoms with E-state index < -0.39 is 0 Å². The Hall–Kier alpha value is -1.83. The third kappa shape index (κ3) is 4.07. The molecule has 0 aromatic heterocycles. The van der Waals surface area contributed by atoms with Crippen molar-refractivity contribution in [3.8, 4) is 5.75 Å². The van der Waals surface area contributed by atoms with Crippen LogP contribution in [-0.4, -0.2) is 11.5 Å². The normalized spacial score (nSPS) is 10.2. The van der Waals surface area contributed by atoms with Gasteiger partial charge in [-0.25, -0.2) is 0 Å². The fraction of sp³-hybridized carbons (Fsp3) is 0.200. The number of hydrogen-bond acceptors (Lipinski definition) is 4. The molecule has 2 rings (SSSR count). The number of ether oxygens (including phenoxy) is 1. The molecular formula is C15H15IN2O3. The van der Waals surface area contributed by atoms with E-state index in [-0.39, 0.29) is 17.2 Å². The maximum absolute atomic E-state index is 11.1. The van der Waals surface area contributed by atoms with Gasteiger partial charge in [-0.15, -0.1) is 0 Å². The van der Waals surface area contributed by atoms with Gasteiger partial charge >= 0.3 is 0 Å². The second-order valence-electron chi connectivity index (χ2n) is 4.34. The zero-order chi connectivity index (χ0) is 15.2. The molecule has 1 N–H and O–H groups in total. The summed E-state index contributed by atoms with van der Waals surface area (Å²) in [7, 11) is 0. The summed E-state index contributed by atoms with van der Waals surface area (Å²) in [4.78, 5) is 10.7. The Morgan fingerprint density at radius 3 is 2.57 bits per heavy atom. The first kappa shape index (κ1) is 15.6. The number of benzene rings is 2. The molecule has 0 bridgehead atoms. The molecule has 5 nitrogen and oxygen atoms in total. The van der Waals surface area contributed by atoms with Crippen LogP contribution in [0.5, 0.6) is 5.75 Å². The summed E-state index contributed by atoms with van der Waals surface area (Å²) in [5, 5.41) is 14.1. The van der Waals surface area contributed by atoms with Crippen LogP contribution in [0.4, 0.5) is 11.4 Å². The lowest BCUT2D eigenvalue weighted by atomic mass is 10.1. The number of para-hydroxylation sites is 1. The molecule has 2 aromatic carbocycles. The van der Waals surface area contributed by atoms with Gasteiger partial charge in [0.25, 0.3) is 5.69 Å². The van der Waals surface area contributed by atoms with Crippen LogP contribution in [0.25, 0.3) is 0 Å². The molecule has 0 saturated carbocycles. The molecule has 0 aliphatic carbocycles. The molecule has 0 saturated heterocycles. The van der Waals surface area contributed by atoms with E-state index in [4.69, 9.17) is 4.74 Å². The van der Waals surface area contributed by atoms with Gasteiger partial charge in [-0.2, -0.15) is 0 Å². The van der Waals surface area contributed by atoms with Crippen LogP contribution < -0.4 is 10.1 Å². The largest absolute Gasteiger partial charge is 0.489 e. The Morgan fingerprint density at radius 2 is 1.95 bits per heavy atom. The number of halogens is 1. The number of rotatable bonds is 6. The van der Waals surface area contributed by atoms with Crippen LogP contribution >= 0.6 is 22.6 Å². The van der Waals surface area contributed by atoms with E-state index in [2.05, 4.69) is 27.9 Å². The third-order valence-corrected chi connectivity index (χ3v) is 3.61. The minimum absolute atomic E-state index is 0.0700. The minimum Gasteiger partial charge on any atom is -0.489 e. The first-order valence-corrected chi connectivity index (χ1v) is 7.58. The van der Waals surface area contributed by atoms with Gasteiger partial charge in [-0.05, 0) is 53.8 Å². The van der Waals surface area contributed by atoms with Gasteiger partial charge in [0.2, 0.25) is 0 Å². The van der Waals surface area contributed by atoms with Crippen molar-refractivity contribution in [2.24, 2.45) is 0 Å². The van der Waals surface area contributed by atoms with Crippen LogP contribution in [0.15, 0.2) is 42.5 Å². The standard InChI is InChI=1S/C15H15IN2O3/c1-2-17-15-11(4-3-5-14(15)18(19)20)10-21-13-8-6-12(16)7-9-13/h3-9,17H,2,10H2,1H3. The highest BCUT2D eigenvalue weighted by molar-refractivity contribution is 14.1. The zero-order valence-electron chi connectivity index (χ0n) is 11.5. The number of nitrogens with one attached hydrogen (secondary N) is 1. The summed E-state index contributed by atoms with van der Waals surface area (Å²) in [6.45, 7) is 2.80. The third-order valence-electron chi connectivity index (χ3n) is 2.89. The fourth-order valence-electron chi connectivity index (χ4n) is 1.93. The maximum atomic E-state index is 11.1. The Bertz CT molecular complexity index is 629. The molecule has 0 amide bonds. The molecule has 0 atom stereocenters. The lowest BCUT2D eigenvalue weighted by Crippen LogP contribution is -2.06. The topological polar surface area (TPSA) is 64.4 Å². The second kappa shape index (κ2) is 7.26. The molecule has 0 heterocycles. The molecule has 0 fully saturated rings. The quantitative estimate of drug-likeness (QED) is 0.450. The van der Waals surface area contributed by atoms with Crippen molar-refractivity contribution in [1.82, 2.24) is 0 Å². The second-order valence-corrected chi connectivity index (χ2v) is 5.59. The predicted octanol–water partition coefficient (Wildman–Crippen LogP) is 4.21. The summed E-state index contributed by atoms with van der Waals surface area (Å²) in [6, 6.07) is 12.7. The SMILES string of the molecule is CCNc1c(COc2ccc(I)cc2)cccc1[N+](=O)[O-]. The Morgan fingerprint density at radius 1 is 1.24 bits per heavy atom. The van der Waals surface area contributed by atoms with E-state index in [9.17, 15) is 10.1 Å². The Kier molecular flexibility index (Phi) is 5.38. The van der Waals surface area contributed by atoms with Gasteiger partial charge in [0.1, 0.15) is 18.0 Å². The van der Waals surface area contributed by atoms with E-state index >= 15 is 0 Å². The molecule has 0 aliphatic rings. The van der Waals surface area contributed by atoms with Gasteiger partial charge in [0.05, 0.1) is 4.92 Å².